The van der Waals surface area contributed by atoms with Gasteiger partial charge >= 0.3 is 5.97 Å². The largest absolute Gasteiger partial charge is 0.465 e. The van der Waals surface area contributed by atoms with Crippen molar-refractivity contribution in [2.75, 3.05) is 18.9 Å². The predicted octanol–water partition coefficient (Wildman–Crippen LogP) is 4.66. The van der Waals surface area contributed by atoms with Crippen molar-refractivity contribution in [1.82, 2.24) is 20.1 Å². The van der Waals surface area contributed by atoms with Crippen LogP contribution in [0.1, 0.15) is 33.3 Å². The van der Waals surface area contributed by atoms with Crippen molar-refractivity contribution in [2.24, 2.45) is 0 Å². The van der Waals surface area contributed by atoms with Gasteiger partial charge in [-0.2, -0.15) is 0 Å². The second-order valence-corrected chi connectivity index (χ2v) is 9.69. The molecule has 0 fully saturated rings. The van der Waals surface area contributed by atoms with Crippen LogP contribution in [-0.2, 0) is 19.7 Å². The molecule has 0 spiro atoms. The molecule has 9 heteroatoms. The van der Waals surface area contributed by atoms with Crippen molar-refractivity contribution in [3.63, 3.8) is 0 Å². The summed E-state index contributed by atoms with van der Waals surface area (Å²) in [6.45, 7) is 8.32. The number of benzene rings is 2. The van der Waals surface area contributed by atoms with E-state index in [-0.39, 0.29) is 30.2 Å². The number of thioether (sulfide) groups is 1. The maximum atomic E-state index is 12.2. The number of halogens is 1. The molecule has 0 saturated carbocycles. The fourth-order valence-corrected chi connectivity index (χ4v) is 3.96. The van der Waals surface area contributed by atoms with Crippen molar-refractivity contribution in [2.45, 2.75) is 38.3 Å². The quantitative estimate of drug-likeness (QED) is 0.368. The van der Waals surface area contributed by atoms with Crippen LogP contribution < -0.4 is 5.32 Å². The van der Waals surface area contributed by atoms with Crippen LogP contribution in [0.25, 0.3) is 17.1 Å². The molecular weight excluding hydrogens is 460 g/mol. The third-order valence-corrected chi connectivity index (χ3v) is 5.98. The molecule has 0 bridgehead atoms. The van der Waals surface area contributed by atoms with Gasteiger partial charge in [0, 0.05) is 16.3 Å². The monoisotopic (exact) mass is 486 g/mol. The van der Waals surface area contributed by atoms with E-state index < -0.39 is 5.97 Å². The summed E-state index contributed by atoms with van der Waals surface area (Å²) in [5.41, 5.74) is 3.00. The number of nitrogens with zero attached hydrogens (tertiary/aromatic N) is 3. The molecule has 1 aromatic heterocycles. The van der Waals surface area contributed by atoms with Crippen molar-refractivity contribution in [3.05, 3.63) is 59.1 Å². The second kappa shape index (κ2) is 10.9. The number of rotatable bonds is 8. The Bertz CT molecular complexity index is 1110. The number of carbonyl (C=O) groups excluding carboxylic acids is 2. The lowest BCUT2D eigenvalue weighted by atomic mass is 9.87. The molecule has 0 aliphatic heterocycles. The molecule has 7 nitrogen and oxygen atoms in total. The third kappa shape index (κ3) is 6.58. The first-order chi connectivity index (χ1) is 15.7. The van der Waals surface area contributed by atoms with Crippen LogP contribution in [0.15, 0.2) is 53.7 Å². The molecule has 1 amide bonds. The van der Waals surface area contributed by atoms with Crippen LogP contribution in [0, 0.1) is 0 Å². The Hall–Kier alpha value is -2.84. The number of esters is 1. The Labute approximate surface area is 202 Å². The smallest absolute Gasteiger partial charge is 0.325 e. The van der Waals surface area contributed by atoms with E-state index in [0.29, 0.717) is 16.0 Å². The molecule has 0 radical (unpaired) electrons. The summed E-state index contributed by atoms with van der Waals surface area (Å²) >= 11 is 7.31. The Morgan fingerprint density at radius 2 is 1.73 bits per heavy atom. The number of hydrogen-bond donors (Lipinski definition) is 1. The Kier molecular flexibility index (Phi) is 8.15. The highest BCUT2D eigenvalue weighted by Crippen LogP contribution is 2.30. The van der Waals surface area contributed by atoms with Crippen LogP contribution in [0.4, 0.5) is 0 Å². The Balaban J connectivity index is 1.86. The van der Waals surface area contributed by atoms with Crippen molar-refractivity contribution in [1.29, 1.82) is 0 Å². The van der Waals surface area contributed by atoms with E-state index in [9.17, 15) is 9.59 Å². The van der Waals surface area contributed by atoms with Crippen LogP contribution in [0.5, 0.6) is 0 Å². The predicted molar refractivity (Wildman–Crippen MR) is 131 cm³/mol. The highest BCUT2D eigenvalue weighted by atomic mass is 35.5. The lowest BCUT2D eigenvalue weighted by molar-refractivity contribution is -0.143. The molecule has 3 aromatic rings. The second-order valence-electron chi connectivity index (χ2n) is 8.32. The fraction of sp³-hybridized carbons (Fsp3) is 0.333. The SMILES string of the molecule is CCOC(=O)CNC(=O)CSc1nnc(-c2ccc(C(C)(C)C)cc2)n1-c1ccc(Cl)cc1. The number of ether oxygens (including phenoxy) is 1. The van der Waals surface area contributed by atoms with Crippen molar-refractivity contribution >= 4 is 35.2 Å². The summed E-state index contributed by atoms with van der Waals surface area (Å²) in [6.07, 6.45) is 0. The van der Waals surface area contributed by atoms with Crippen LogP contribution in [0.3, 0.4) is 0 Å². The first-order valence-electron chi connectivity index (χ1n) is 10.6. The van der Waals surface area contributed by atoms with Crippen LogP contribution in [-0.4, -0.2) is 45.5 Å². The summed E-state index contributed by atoms with van der Waals surface area (Å²) in [7, 11) is 0. The molecule has 33 heavy (non-hydrogen) atoms. The lowest BCUT2D eigenvalue weighted by Crippen LogP contribution is -2.31. The maximum absolute atomic E-state index is 12.2. The van der Waals surface area contributed by atoms with Gasteiger partial charge in [0.25, 0.3) is 0 Å². The summed E-state index contributed by atoms with van der Waals surface area (Å²) in [5, 5.41) is 12.5. The third-order valence-electron chi connectivity index (χ3n) is 4.79. The number of amides is 1. The van der Waals surface area contributed by atoms with E-state index in [4.69, 9.17) is 16.3 Å². The minimum atomic E-state index is -0.471. The van der Waals surface area contributed by atoms with E-state index in [2.05, 4.69) is 48.4 Å². The lowest BCUT2D eigenvalue weighted by Gasteiger charge is -2.19. The summed E-state index contributed by atoms with van der Waals surface area (Å²) in [6, 6.07) is 15.6. The van der Waals surface area contributed by atoms with Crippen molar-refractivity contribution in [3.8, 4) is 17.1 Å². The first kappa shape index (κ1) is 24.8. The van der Waals surface area contributed by atoms with Gasteiger partial charge in [-0.3, -0.25) is 14.2 Å². The summed E-state index contributed by atoms with van der Waals surface area (Å²) in [5.74, 6) is -0.0307. The van der Waals surface area contributed by atoms with Gasteiger partial charge in [-0.15, -0.1) is 10.2 Å². The number of nitrogens with one attached hydrogen (secondary N) is 1. The van der Waals surface area contributed by atoms with E-state index in [1.54, 1.807) is 19.1 Å². The molecular formula is C24H27ClN4O3S. The van der Waals surface area contributed by atoms with Crippen molar-refractivity contribution < 1.29 is 14.3 Å². The molecule has 174 valence electrons. The molecule has 1 N–H and O–H groups in total. The molecule has 3 rings (SSSR count). The minimum Gasteiger partial charge on any atom is -0.465 e. The topological polar surface area (TPSA) is 86.1 Å². The molecule has 2 aromatic carbocycles. The fourth-order valence-electron chi connectivity index (χ4n) is 3.06. The zero-order valence-electron chi connectivity index (χ0n) is 19.1. The van der Waals surface area contributed by atoms with E-state index >= 15 is 0 Å². The normalized spacial score (nSPS) is 11.3. The Morgan fingerprint density at radius 3 is 2.33 bits per heavy atom. The Morgan fingerprint density at radius 1 is 1.06 bits per heavy atom. The van der Waals surface area contributed by atoms with Crippen LogP contribution in [0.2, 0.25) is 5.02 Å². The molecule has 1 heterocycles. The standard InChI is InChI=1S/C24H27ClN4O3S/c1-5-32-21(31)14-26-20(30)15-33-23-28-27-22(29(23)19-12-10-18(25)11-13-19)16-6-8-17(9-7-16)24(2,3)4/h6-13H,5,14-15H2,1-4H3,(H,26,30). The zero-order valence-corrected chi connectivity index (χ0v) is 20.7. The van der Waals surface area contributed by atoms with Crippen LogP contribution >= 0.6 is 23.4 Å². The molecule has 0 unspecified atom stereocenters. The van der Waals surface area contributed by atoms with E-state index in [0.717, 1.165) is 11.3 Å². The number of hydrogen-bond acceptors (Lipinski definition) is 6. The molecule has 0 aliphatic rings. The van der Waals surface area contributed by atoms with Gasteiger partial charge in [-0.25, -0.2) is 0 Å². The van der Waals surface area contributed by atoms with Gasteiger partial charge < -0.3 is 10.1 Å². The molecule has 0 atom stereocenters. The van der Waals surface area contributed by atoms with Gasteiger partial charge in [0.2, 0.25) is 5.91 Å². The number of carbonyl (C=O) groups is 2. The maximum Gasteiger partial charge on any atom is 0.325 e. The average molecular weight is 487 g/mol. The zero-order chi connectivity index (χ0) is 24.0. The minimum absolute atomic E-state index is 0.0420. The summed E-state index contributed by atoms with van der Waals surface area (Å²) in [4.78, 5) is 23.7. The first-order valence-corrected chi connectivity index (χ1v) is 11.9. The van der Waals surface area contributed by atoms with Gasteiger partial charge in [0.1, 0.15) is 6.54 Å². The van der Waals surface area contributed by atoms with E-state index in [1.807, 2.05) is 28.8 Å². The average Bonchev–Trinajstić information content (AvgIpc) is 3.20. The van der Waals surface area contributed by atoms with Gasteiger partial charge in [-0.1, -0.05) is 68.4 Å². The number of aromatic nitrogens is 3. The highest BCUT2D eigenvalue weighted by Gasteiger charge is 2.19. The van der Waals surface area contributed by atoms with Gasteiger partial charge in [-0.05, 0) is 42.2 Å². The molecule has 0 aliphatic carbocycles. The van der Waals surface area contributed by atoms with Gasteiger partial charge in [0.15, 0.2) is 11.0 Å². The van der Waals surface area contributed by atoms with E-state index in [1.165, 1.54) is 17.3 Å². The summed E-state index contributed by atoms with van der Waals surface area (Å²) < 4.78 is 6.72. The van der Waals surface area contributed by atoms with Gasteiger partial charge in [0.05, 0.1) is 12.4 Å². The highest BCUT2D eigenvalue weighted by molar-refractivity contribution is 7.99. The molecule has 0 saturated heterocycles.